The first kappa shape index (κ1) is 56.5. The maximum absolute atomic E-state index is 6.35. The zero-order valence-electron chi connectivity index (χ0n) is 44.5. The minimum atomic E-state index is 0.707. The topological polar surface area (TPSA) is 36.9 Å². The van der Waals surface area contributed by atoms with Gasteiger partial charge in [-0.05, 0) is 124 Å². The number of nitrogens with zero attached hydrogens (tertiary/aromatic N) is 4. The van der Waals surface area contributed by atoms with Gasteiger partial charge in [-0.1, -0.05) is 76.3 Å². The number of benzene rings is 3. The summed E-state index contributed by atoms with van der Waals surface area (Å²) in [6.07, 6.45) is 22.3. The molecule has 0 N–H and O–H groups in total. The fraction of sp³-hybridized carbons (Fsp3) is 0.621. The third-order valence-corrected chi connectivity index (χ3v) is 12.7. The number of ether oxygens (including phenoxy) is 4. The van der Waals surface area contributed by atoms with Crippen molar-refractivity contribution in [3.05, 3.63) is 82.9 Å². The van der Waals surface area contributed by atoms with E-state index < -0.39 is 0 Å². The number of hydrogen-bond donors (Lipinski definition) is 0. The van der Waals surface area contributed by atoms with Crippen LogP contribution in [0.1, 0.15) is 127 Å². The lowest BCUT2D eigenvalue weighted by Crippen LogP contribution is -2.41. The highest BCUT2D eigenvalue weighted by Crippen LogP contribution is 2.27. The molecule has 0 fully saturated rings. The number of quaternary nitrogens is 4. The highest BCUT2D eigenvalue weighted by atomic mass is 16.5. The van der Waals surface area contributed by atoms with Gasteiger partial charge in [0, 0.05) is 12.1 Å². The van der Waals surface area contributed by atoms with E-state index >= 15 is 0 Å². The maximum Gasteiger partial charge on any atom is 0.123 e. The van der Waals surface area contributed by atoms with Crippen molar-refractivity contribution in [1.82, 2.24) is 0 Å². The average Bonchev–Trinajstić information content (AvgIpc) is 3.24. The zero-order chi connectivity index (χ0) is 48.3. The molecule has 0 bridgehead atoms. The summed E-state index contributed by atoms with van der Waals surface area (Å²) in [5.41, 5.74) is 4.43. The van der Waals surface area contributed by atoms with Crippen LogP contribution in [-0.4, -0.2) is 153 Å². The van der Waals surface area contributed by atoms with E-state index in [4.69, 9.17) is 18.9 Å². The van der Waals surface area contributed by atoms with Crippen LogP contribution in [0.15, 0.2) is 60.7 Å². The normalized spacial score (nSPS) is 12.7. The molecule has 0 saturated heterocycles. The molecular weight excluding hydrogens is 817 g/mol. The second kappa shape index (κ2) is 29.8. The van der Waals surface area contributed by atoms with Crippen LogP contribution in [0.4, 0.5) is 0 Å². The Bertz CT molecular complexity index is 1610. The van der Waals surface area contributed by atoms with Gasteiger partial charge in [-0.2, -0.15) is 0 Å². The SMILES string of the molecule is CCC[N+](C)(C)CCCCOc1cc(/C=C/c2ccc(/C=C/c3cc(OCCCC[N+](C)(C)CCC)cc(OCCCC[N+](C)(C)CCC)c3)cc2)cc(OCCCC[N+](C)(C)CCC)c1. The molecule has 0 saturated carbocycles. The summed E-state index contributed by atoms with van der Waals surface area (Å²) in [6, 6.07) is 21.4. The number of rotatable bonds is 36. The van der Waals surface area contributed by atoms with Gasteiger partial charge >= 0.3 is 0 Å². The highest BCUT2D eigenvalue weighted by Gasteiger charge is 2.16. The average molecular weight is 915 g/mol. The largest absolute Gasteiger partial charge is 0.493 e. The van der Waals surface area contributed by atoms with Crippen molar-refractivity contribution < 1.29 is 36.9 Å². The van der Waals surface area contributed by atoms with Gasteiger partial charge in [0.2, 0.25) is 0 Å². The molecular formula is C58H98N4O4+4. The van der Waals surface area contributed by atoms with Gasteiger partial charge in [0.05, 0.1) is 135 Å². The number of hydrogen-bond acceptors (Lipinski definition) is 4. The molecule has 0 spiro atoms. The van der Waals surface area contributed by atoms with Crippen LogP contribution in [-0.2, 0) is 0 Å². The molecule has 3 aromatic carbocycles. The Morgan fingerprint density at radius 1 is 0.303 bits per heavy atom. The van der Waals surface area contributed by atoms with Crippen molar-refractivity contribution in [3.8, 4) is 23.0 Å². The Kier molecular flexibility index (Phi) is 25.5. The molecule has 8 nitrogen and oxygen atoms in total. The van der Waals surface area contributed by atoms with Crippen LogP contribution in [0.5, 0.6) is 23.0 Å². The van der Waals surface area contributed by atoms with E-state index in [0.29, 0.717) is 26.4 Å². The van der Waals surface area contributed by atoms with Crippen LogP contribution in [0.2, 0.25) is 0 Å². The molecule has 0 aliphatic carbocycles. The van der Waals surface area contributed by atoms with Crippen LogP contribution >= 0.6 is 0 Å². The van der Waals surface area contributed by atoms with Gasteiger partial charge in [0.15, 0.2) is 0 Å². The second-order valence-corrected chi connectivity index (χ2v) is 21.6. The first-order valence-corrected chi connectivity index (χ1v) is 26.0. The fourth-order valence-corrected chi connectivity index (χ4v) is 9.01. The van der Waals surface area contributed by atoms with Gasteiger partial charge in [-0.25, -0.2) is 0 Å². The Labute approximate surface area is 405 Å². The lowest BCUT2D eigenvalue weighted by Gasteiger charge is -2.29. The van der Waals surface area contributed by atoms with Crippen molar-refractivity contribution in [2.24, 2.45) is 0 Å². The predicted octanol–water partition coefficient (Wildman–Crippen LogP) is 12.6. The molecule has 0 amide bonds. The van der Waals surface area contributed by atoms with Crippen molar-refractivity contribution in [1.29, 1.82) is 0 Å². The first-order chi connectivity index (χ1) is 31.5. The molecule has 66 heavy (non-hydrogen) atoms. The molecule has 0 aliphatic heterocycles. The van der Waals surface area contributed by atoms with Crippen LogP contribution in [0.3, 0.4) is 0 Å². The standard InChI is InChI=1S/C58H98N4O4/c1-13-33-59(5,6)37-17-21-41-63-55-45-53(46-56(49-55)64-42-22-18-38-60(7,8)34-14-2)31-29-51-25-27-52(28-26-51)30-32-54-47-57(65-43-23-19-39-61(9,10)35-15-3)50-58(48-54)66-44-24-20-40-62(11,12)36-16-4/h25-32,45-50H,13-24,33-44H2,1-12H3/q+4/b31-29+,32-30+. The van der Waals surface area contributed by atoms with Gasteiger partial charge in [-0.15, -0.1) is 0 Å². The van der Waals surface area contributed by atoms with E-state index in [0.717, 1.165) is 115 Å². The Balaban J connectivity index is 1.69. The molecule has 3 rings (SSSR count). The minimum absolute atomic E-state index is 0.707. The van der Waals surface area contributed by atoms with Crippen molar-refractivity contribution in [2.45, 2.75) is 105 Å². The van der Waals surface area contributed by atoms with E-state index in [2.05, 4.69) is 169 Å². The summed E-state index contributed by atoms with van der Waals surface area (Å²) < 4.78 is 29.7. The van der Waals surface area contributed by atoms with E-state index in [1.165, 1.54) is 78.0 Å². The second-order valence-electron chi connectivity index (χ2n) is 21.6. The van der Waals surface area contributed by atoms with Gasteiger partial charge in [0.1, 0.15) is 23.0 Å². The molecule has 0 radical (unpaired) electrons. The van der Waals surface area contributed by atoms with Gasteiger partial charge < -0.3 is 36.9 Å². The third kappa shape index (κ3) is 24.8. The molecule has 0 aliphatic rings. The molecule has 3 aromatic rings. The van der Waals surface area contributed by atoms with Crippen molar-refractivity contribution >= 4 is 24.3 Å². The quantitative estimate of drug-likeness (QED) is 0.0331. The maximum atomic E-state index is 6.35. The van der Waals surface area contributed by atoms with E-state index in [-0.39, 0.29) is 0 Å². The summed E-state index contributed by atoms with van der Waals surface area (Å²) in [7, 11) is 18.6. The molecule has 8 heteroatoms. The Hall–Kier alpha value is -3.82. The Morgan fingerprint density at radius 3 is 0.758 bits per heavy atom. The lowest BCUT2D eigenvalue weighted by atomic mass is 10.1. The fourth-order valence-electron chi connectivity index (χ4n) is 9.01. The summed E-state index contributed by atoms with van der Waals surface area (Å²) in [4.78, 5) is 0. The van der Waals surface area contributed by atoms with Crippen molar-refractivity contribution in [2.75, 3.05) is 135 Å². The first-order valence-electron chi connectivity index (χ1n) is 26.0. The summed E-state index contributed by atoms with van der Waals surface area (Å²) in [5, 5.41) is 0. The van der Waals surface area contributed by atoms with Crippen molar-refractivity contribution in [3.63, 3.8) is 0 Å². The van der Waals surface area contributed by atoms with Crippen LogP contribution in [0, 0.1) is 0 Å². The van der Waals surface area contributed by atoms with Gasteiger partial charge in [0.25, 0.3) is 0 Å². The highest BCUT2D eigenvalue weighted by molar-refractivity contribution is 5.74. The molecule has 0 unspecified atom stereocenters. The summed E-state index contributed by atoms with van der Waals surface area (Å²) in [5.74, 6) is 3.48. The molecule has 370 valence electrons. The van der Waals surface area contributed by atoms with Gasteiger partial charge in [-0.3, -0.25) is 0 Å². The zero-order valence-corrected chi connectivity index (χ0v) is 44.5. The van der Waals surface area contributed by atoms with E-state index in [1.54, 1.807) is 0 Å². The monoisotopic (exact) mass is 915 g/mol. The molecule has 0 atom stereocenters. The predicted molar refractivity (Wildman–Crippen MR) is 285 cm³/mol. The van der Waals surface area contributed by atoms with E-state index in [9.17, 15) is 0 Å². The third-order valence-electron chi connectivity index (χ3n) is 12.7. The summed E-state index contributed by atoms with van der Waals surface area (Å²) in [6.45, 7) is 21.4. The lowest BCUT2D eigenvalue weighted by molar-refractivity contribution is -0.890. The summed E-state index contributed by atoms with van der Waals surface area (Å²) >= 11 is 0. The Morgan fingerprint density at radius 2 is 0.530 bits per heavy atom. The minimum Gasteiger partial charge on any atom is -0.493 e. The smallest absolute Gasteiger partial charge is 0.123 e. The molecule has 0 heterocycles. The molecule has 0 aromatic heterocycles. The van der Waals surface area contributed by atoms with E-state index in [1.807, 2.05) is 0 Å². The van der Waals surface area contributed by atoms with Crippen LogP contribution in [0.25, 0.3) is 24.3 Å². The number of unbranched alkanes of at least 4 members (excludes halogenated alkanes) is 4. The van der Waals surface area contributed by atoms with Crippen LogP contribution < -0.4 is 18.9 Å².